The number of hydrogen-bond donors (Lipinski definition) is 3. The number of aryl methyl sites for hydroxylation is 1. The molecule has 2 rings (SSSR count). The molecule has 0 aliphatic carbocycles. The Labute approximate surface area is 124 Å². The number of rotatable bonds is 6. The van der Waals surface area contributed by atoms with Crippen molar-refractivity contribution in [3.63, 3.8) is 0 Å². The highest BCUT2D eigenvalue weighted by Gasteiger charge is 2.24. The number of H-pyrrole nitrogens is 1. The average Bonchev–Trinajstić information content (AvgIpc) is 2.87. The first-order chi connectivity index (χ1) is 9.95. The summed E-state index contributed by atoms with van der Waals surface area (Å²) in [4.78, 5) is 0.0326. The minimum atomic E-state index is -3.70. The van der Waals surface area contributed by atoms with E-state index in [0.29, 0.717) is 5.69 Å². The van der Waals surface area contributed by atoms with Crippen molar-refractivity contribution in [1.29, 1.82) is 0 Å². The van der Waals surface area contributed by atoms with Crippen molar-refractivity contribution in [2.24, 2.45) is 0 Å². The van der Waals surface area contributed by atoms with Gasteiger partial charge in [-0.3, -0.25) is 5.10 Å². The number of aliphatic hydroxyl groups excluding tert-OH is 1. The molecule has 2 aromatic rings. The third kappa shape index (κ3) is 3.49. The van der Waals surface area contributed by atoms with Crippen LogP contribution in [0.5, 0.6) is 0 Å². The smallest absolute Gasteiger partial charge is 0.244 e. The maximum absolute atomic E-state index is 12.3. The fourth-order valence-electron chi connectivity index (χ4n) is 2.14. The number of hydrogen-bond acceptors (Lipinski definition) is 4. The van der Waals surface area contributed by atoms with Crippen LogP contribution in [0.25, 0.3) is 0 Å². The first kappa shape index (κ1) is 15.7. The van der Waals surface area contributed by atoms with Crippen LogP contribution >= 0.6 is 0 Å². The Morgan fingerprint density at radius 2 is 2.00 bits per heavy atom. The van der Waals surface area contributed by atoms with Gasteiger partial charge < -0.3 is 5.11 Å². The van der Waals surface area contributed by atoms with Gasteiger partial charge in [0.15, 0.2) is 0 Å². The summed E-state index contributed by atoms with van der Waals surface area (Å²) in [5.41, 5.74) is 1.61. The van der Waals surface area contributed by atoms with Crippen LogP contribution in [0.2, 0.25) is 0 Å². The standard InChI is InChI=1S/C14H19N3O3S/c1-10(12-6-4-3-5-7-12)8-15-21(19,20)14-11(2)16-17-13(14)9-18/h3-7,10,15,18H,8-9H2,1-2H3,(H,16,17). The largest absolute Gasteiger partial charge is 0.390 e. The zero-order valence-electron chi connectivity index (χ0n) is 12.0. The van der Waals surface area contributed by atoms with Crippen molar-refractivity contribution < 1.29 is 13.5 Å². The Hall–Kier alpha value is -1.70. The van der Waals surface area contributed by atoms with Crippen molar-refractivity contribution in [1.82, 2.24) is 14.9 Å². The summed E-state index contributed by atoms with van der Waals surface area (Å²) < 4.78 is 27.3. The Balaban J connectivity index is 2.13. The number of sulfonamides is 1. The van der Waals surface area contributed by atoms with Gasteiger partial charge in [-0.15, -0.1) is 0 Å². The van der Waals surface area contributed by atoms with E-state index in [9.17, 15) is 13.5 Å². The molecule has 0 aliphatic rings. The molecule has 0 saturated carbocycles. The van der Waals surface area contributed by atoms with Crippen molar-refractivity contribution in [2.75, 3.05) is 6.54 Å². The average molecular weight is 309 g/mol. The van der Waals surface area contributed by atoms with Crippen molar-refractivity contribution >= 4 is 10.0 Å². The molecule has 3 N–H and O–H groups in total. The molecular weight excluding hydrogens is 290 g/mol. The minimum Gasteiger partial charge on any atom is -0.390 e. The molecule has 1 unspecified atom stereocenters. The maximum Gasteiger partial charge on any atom is 0.244 e. The molecule has 1 atom stereocenters. The van der Waals surface area contributed by atoms with Gasteiger partial charge in [0.25, 0.3) is 0 Å². The summed E-state index contributed by atoms with van der Waals surface area (Å²) in [5, 5.41) is 15.6. The fourth-order valence-corrected chi connectivity index (χ4v) is 3.62. The molecule has 1 aromatic carbocycles. The third-order valence-electron chi connectivity index (χ3n) is 3.33. The predicted molar refractivity (Wildman–Crippen MR) is 79.3 cm³/mol. The lowest BCUT2D eigenvalue weighted by Gasteiger charge is -2.13. The molecule has 1 heterocycles. The van der Waals surface area contributed by atoms with Gasteiger partial charge in [0.05, 0.1) is 12.3 Å². The topological polar surface area (TPSA) is 95.1 Å². The van der Waals surface area contributed by atoms with Crippen LogP contribution < -0.4 is 4.72 Å². The van der Waals surface area contributed by atoms with E-state index in [2.05, 4.69) is 14.9 Å². The first-order valence-electron chi connectivity index (χ1n) is 6.65. The summed E-state index contributed by atoms with van der Waals surface area (Å²) in [6.07, 6.45) is 0. The van der Waals surface area contributed by atoms with Gasteiger partial charge in [-0.05, 0) is 18.4 Å². The molecule has 0 fully saturated rings. The second-order valence-electron chi connectivity index (χ2n) is 4.95. The van der Waals surface area contributed by atoms with Crippen LogP contribution in [-0.2, 0) is 16.6 Å². The number of nitrogens with one attached hydrogen (secondary N) is 2. The van der Waals surface area contributed by atoms with Crippen LogP contribution in [0.4, 0.5) is 0 Å². The van der Waals surface area contributed by atoms with Gasteiger partial charge in [0.1, 0.15) is 10.6 Å². The number of benzene rings is 1. The zero-order valence-corrected chi connectivity index (χ0v) is 12.8. The molecule has 6 nitrogen and oxygen atoms in total. The second-order valence-corrected chi connectivity index (χ2v) is 6.65. The summed E-state index contributed by atoms with van der Waals surface area (Å²) >= 11 is 0. The van der Waals surface area contributed by atoms with Gasteiger partial charge in [0, 0.05) is 6.54 Å². The molecule has 21 heavy (non-hydrogen) atoms. The van der Waals surface area contributed by atoms with E-state index in [1.165, 1.54) is 0 Å². The van der Waals surface area contributed by atoms with Crippen LogP contribution in [0.1, 0.15) is 29.8 Å². The lowest BCUT2D eigenvalue weighted by Crippen LogP contribution is -2.28. The molecule has 0 saturated heterocycles. The third-order valence-corrected chi connectivity index (χ3v) is 4.95. The summed E-state index contributed by atoms with van der Waals surface area (Å²) in [5.74, 6) is 0.0470. The lowest BCUT2D eigenvalue weighted by atomic mass is 10.0. The quantitative estimate of drug-likeness (QED) is 0.749. The molecule has 0 amide bonds. The van der Waals surface area contributed by atoms with E-state index in [-0.39, 0.29) is 23.1 Å². The van der Waals surface area contributed by atoms with E-state index >= 15 is 0 Å². The van der Waals surface area contributed by atoms with Gasteiger partial charge >= 0.3 is 0 Å². The number of aliphatic hydroxyl groups is 1. The van der Waals surface area contributed by atoms with Crippen molar-refractivity contribution in [2.45, 2.75) is 31.3 Å². The molecule has 7 heteroatoms. The molecule has 114 valence electrons. The maximum atomic E-state index is 12.3. The second kappa shape index (κ2) is 6.38. The fraction of sp³-hybridized carbons (Fsp3) is 0.357. The molecule has 0 radical (unpaired) electrons. The summed E-state index contributed by atoms with van der Waals surface area (Å²) in [6, 6.07) is 9.68. The van der Waals surface area contributed by atoms with Gasteiger partial charge in [-0.2, -0.15) is 5.10 Å². The molecule has 0 spiro atoms. The first-order valence-corrected chi connectivity index (χ1v) is 8.13. The minimum absolute atomic E-state index is 0.0326. The van der Waals surface area contributed by atoms with E-state index in [1.54, 1.807) is 6.92 Å². The summed E-state index contributed by atoms with van der Waals surface area (Å²) in [6.45, 7) is 3.42. The highest BCUT2D eigenvalue weighted by atomic mass is 32.2. The van der Waals surface area contributed by atoms with Crippen LogP contribution in [-0.4, -0.2) is 30.3 Å². The van der Waals surface area contributed by atoms with Gasteiger partial charge in [-0.25, -0.2) is 13.1 Å². The van der Waals surface area contributed by atoms with E-state index in [4.69, 9.17) is 0 Å². The number of nitrogens with zero attached hydrogens (tertiary/aromatic N) is 1. The monoisotopic (exact) mass is 309 g/mol. The van der Waals surface area contributed by atoms with E-state index < -0.39 is 16.6 Å². The Morgan fingerprint density at radius 1 is 1.33 bits per heavy atom. The SMILES string of the molecule is Cc1[nH]nc(CO)c1S(=O)(=O)NCC(C)c1ccccc1. The molecule has 1 aromatic heterocycles. The van der Waals surface area contributed by atoms with E-state index in [0.717, 1.165) is 5.56 Å². The molecule has 0 bridgehead atoms. The Bertz CT molecular complexity index is 696. The number of aromatic amines is 1. The van der Waals surface area contributed by atoms with Crippen LogP contribution in [0.15, 0.2) is 35.2 Å². The van der Waals surface area contributed by atoms with E-state index in [1.807, 2.05) is 37.3 Å². The van der Waals surface area contributed by atoms with Crippen LogP contribution in [0.3, 0.4) is 0 Å². The lowest BCUT2D eigenvalue weighted by molar-refractivity contribution is 0.273. The predicted octanol–water partition coefficient (Wildman–Crippen LogP) is 1.29. The molecule has 0 aliphatic heterocycles. The van der Waals surface area contributed by atoms with Crippen LogP contribution in [0, 0.1) is 6.92 Å². The Kier molecular flexibility index (Phi) is 4.76. The zero-order chi connectivity index (χ0) is 15.5. The van der Waals surface area contributed by atoms with Gasteiger partial charge in [-0.1, -0.05) is 37.3 Å². The van der Waals surface area contributed by atoms with Crippen molar-refractivity contribution in [3.8, 4) is 0 Å². The highest BCUT2D eigenvalue weighted by Crippen LogP contribution is 2.19. The normalized spacial score (nSPS) is 13.3. The highest BCUT2D eigenvalue weighted by molar-refractivity contribution is 7.89. The van der Waals surface area contributed by atoms with Gasteiger partial charge in [0.2, 0.25) is 10.0 Å². The Morgan fingerprint density at radius 3 is 2.62 bits per heavy atom. The number of aromatic nitrogens is 2. The van der Waals surface area contributed by atoms with Crippen molar-refractivity contribution in [3.05, 3.63) is 47.3 Å². The summed E-state index contributed by atoms with van der Waals surface area (Å²) in [7, 11) is -3.70. The molecular formula is C14H19N3O3S.